The van der Waals surface area contributed by atoms with Crippen LogP contribution in [-0.4, -0.2) is 12.5 Å². The van der Waals surface area contributed by atoms with Gasteiger partial charge in [0.15, 0.2) is 0 Å². The minimum Gasteiger partial charge on any atom is -0.351 e. The molecule has 0 fully saturated rings. The molecule has 0 aliphatic heterocycles. The van der Waals surface area contributed by atoms with Gasteiger partial charge < -0.3 is 5.32 Å². The number of fused-ring (bicyclic) bond motifs is 1. The first-order valence-corrected chi connectivity index (χ1v) is 7.67. The summed E-state index contributed by atoms with van der Waals surface area (Å²) in [7, 11) is 0. The highest BCUT2D eigenvalue weighted by Gasteiger charge is 2.13. The van der Waals surface area contributed by atoms with Gasteiger partial charge in [-0.05, 0) is 29.0 Å². The van der Waals surface area contributed by atoms with Gasteiger partial charge in [0, 0.05) is 17.5 Å². The molecule has 2 nitrogen and oxygen atoms in total. The molecule has 0 aliphatic carbocycles. The second-order valence-electron chi connectivity index (χ2n) is 5.66. The maximum Gasteiger partial charge on any atom is 0.251 e. The molecule has 0 spiro atoms. The third kappa shape index (κ3) is 3.24. The predicted molar refractivity (Wildman–Crippen MR) is 91.1 cm³/mol. The van der Waals surface area contributed by atoms with E-state index in [-0.39, 0.29) is 17.6 Å². The van der Waals surface area contributed by atoms with E-state index in [0.717, 1.165) is 0 Å². The predicted octanol–water partition coefficient (Wildman–Crippen LogP) is 4.51. The Balaban J connectivity index is 1.78. The van der Waals surface area contributed by atoms with E-state index >= 15 is 0 Å². The Morgan fingerprint density at radius 3 is 2.35 bits per heavy atom. The monoisotopic (exact) mass is 307 g/mol. The Morgan fingerprint density at radius 1 is 0.957 bits per heavy atom. The summed E-state index contributed by atoms with van der Waals surface area (Å²) in [6, 6.07) is 20.0. The van der Waals surface area contributed by atoms with E-state index in [2.05, 4.69) is 12.2 Å². The maximum atomic E-state index is 13.8. The number of hydrogen-bond donors (Lipinski definition) is 1. The molecule has 0 saturated heterocycles. The number of carbonyl (C=O) groups excluding carboxylic acids is 1. The highest BCUT2D eigenvalue weighted by Crippen LogP contribution is 2.22. The molecule has 0 radical (unpaired) electrons. The summed E-state index contributed by atoms with van der Waals surface area (Å²) in [5, 5.41) is 4.05. The lowest BCUT2D eigenvalue weighted by molar-refractivity contribution is 0.0953. The molecule has 0 aliphatic rings. The molecule has 0 aromatic heterocycles. The van der Waals surface area contributed by atoms with Crippen molar-refractivity contribution in [3.05, 3.63) is 83.7 Å². The van der Waals surface area contributed by atoms with Gasteiger partial charge in [-0.3, -0.25) is 4.79 Å². The molecule has 3 rings (SSSR count). The van der Waals surface area contributed by atoms with Crippen molar-refractivity contribution in [3.63, 3.8) is 0 Å². The fourth-order valence-electron chi connectivity index (χ4n) is 2.70. The first kappa shape index (κ1) is 15.2. The van der Waals surface area contributed by atoms with Crippen LogP contribution >= 0.6 is 0 Å². The van der Waals surface area contributed by atoms with Crippen LogP contribution in [0.3, 0.4) is 0 Å². The molecule has 0 saturated carbocycles. The van der Waals surface area contributed by atoms with E-state index in [1.807, 2.05) is 36.4 Å². The number of halogens is 1. The van der Waals surface area contributed by atoms with Crippen LogP contribution in [0.1, 0.15) is 28.8 Å². The Morgan fingerprint density at radius 2 is 1.61 bits per heavy atom. The standard InChI is InChI=1S/C20H18FNO/c1-14(15-7-3-2-4-8-15)13-22-20(23)18-11-12-19(21)17-10-6-5-9-16(17)18/h2-12,14H,13H2,1H3,(H,22,23)/t14-/m1/s1. The van der Waals surface area contributed by atoms with Gasteiger partial charge in [-0.1, -0.05) is 61.5 Å². The van der Waals surface area contributed by atoms with Crippen molar-refractivity contribution in [2.75, 3.05) is 6.54 Å². The van der Waals surface area contributed by atoms with Gasteiger partial charge in [0.1, 0.15) is 5.82 Å². The molecular formula is C20H18FNO. The number of benzene rings is 3. The van der Waals surface area contributed by atoms with Gasteiger partial charge in [0.2, 0.25) is 0 Å². The molecule has 1 amide bonds. The lowest BCUT2D eigenvalue weighted by atomic mass is 10.0. The zero-order valence-corrected chi connectivity index (χ0v) is 12.9. The van der Waals surface area contributed by atoms with E-state index in [0.29, 0.717) is 22.9 Å². The van der Waals surface area contributed by atoms with Crippen LogP contribution < -0.4 is 5.32 Å². The second-order valence-corrected chi connectivity index (χ2v) is 5.66. The number of nitrogens with one attached hydrogen (secondary N) is 1. The molecule has 0 heterocycles. The van der Waals surface area contributed by atoms with E-state index in [9.17, 15) is 9.18 Å². The highest BCUT2D eigenvalue weighted by molar-refractivity contribution is 6.07. The fraction of sp³-hybridized carbons (Fsp3) is 0.150. The first-order chi connectivity index (χ1) is 11.2. The van der Waals surface area contributed by atoms with Crippen LogP contribution in [0.4, 0.5) is 4.39 Å². The van der Waals surface area contributed by atoms with Gasteiger partial charge in [-0.15, -0.1) is 0 Å². The topological polar surface area (TPSA) is 29.1 Å². The normalized spacial score (nSPS) is 12.1. The summed E-state index contributed by atoms with van der Waals surface area (Å²) in [6.07, 6.45) is 0. The molecule has 0 bridgehead atoms. The highest BCUT2D eigenvalue weighted by atomic mass is 19.1. The molecule has 23 heavy (non-hydrogen) atoms. The minimum atomic E-state index is -0.310. The summed E-state index contributed by atoms with van der Waals surface area (Å²) in [6.45, 7) is 2.60. The van der Waals surface area contributed by atoms with Crippen molar-refractivity contribution in [2.45, 2.75) is 12.8 Å². The van der Waals surface area contributed by atoms with Crippen LogP contribution in [-0.2, 0) is 0 Å². The van der Waals surface area contributed by atoms with Crippen LogP contribution in [0.15, 0.2) is 66.7 Å². The second kappa shape index (κ2) is 6.61. The number of amides is 1. The maximum absolute atomic E-state index is 13.8. The Labute approximate surface area is 135 Å². The van der Waals surface area contributed by atoms with Gasteiger partial charge in [-0.25, -0.2) is 4.39 Å². The SMILES string of the molecule is C[C@H](CNC(=O)c1ccc(F)c2ccccc12)c1ccccc1. The number of rotatable bonds is 4. The zero-order valence-electron chi connectivity index (χ0n) is 12.9. The fourth-order valence-corrected chi connectivity index (χ4v) is 2.70. The summed E-state index contributed by atoms with van der Waals surface area (Å²) in [5.74, 6) is -0.273. The Hall–Kier alpha value is -2.68. The lowest BCUT2D eigenvalue weighted by Gasteiger charge is -2.14. The summed E-state index contributed by atoms with van der Waals surface area (Å²) in [4.78, 5) is 12.5. The van der Waals surface area contributed by atoms with Crippen LogP contribution in [0.25, 0.3) is 10.8 Å². The molecule has 116 valence electrons. The van der Waals surface area contributed by atoms with Crippen molar-refractivity contribution in [3.8, 4) is 0 Å². The lowest BCUT2D eigenvalue weighted by Crippen LogP contribution is -2.27. The minimum absolute atomic E-state index is 0.177. The third-order valence-electron chi connectivity index (χ3n) is 4.05. The quantitative estimate of drug-likeness (QED) is 0.755. The molecule has 3 aromatic rings. The largest absolute Gasteiger partial charge is 0.351 e. The molecule has 1 atom stereocenters. The van der Waals surface area contributed by atoms with Gasteiger partial charge in [-0.2, -0.15) is 0 Å². The smallest absolute Gasteiger partial charge is 0.251 e. The average molecular weight is 307 g/mol. The van der Waals surface area contributed by atoms with Crippen molar-refractivity contribution >= 4 is 16.7 Å². The molecule has 1 N–H and O–H groups in total. The summed E-state index contributed by atoms with van der Waals surface area (Å²) in [5.41, 5.74) is 1.68. The third-order valence-corrected chi connectivity index (χ3v) is 4.05. The molecule has 0 unspecified atom stereocenters. The Bertz CT molecular complexity index is 829. The Kier molecular flexibility index (Phi) is 4.38. The van der Waals surface area contributed by atoms with E-state index in [4.69, 9.17) is 0 Å². The van der Waals surface area contributed by atoms with E-state index in [1.54, 1.807) is 24.3 Å². The molecule has 3 heteroatoms. The van der Waals surface area contributed by atoms with Crippen molar-refractivity contribution in [2.24, 2.45) is 0 Å². The number of carbonyl (C=O) groups is 1. The van der Waals surface area contributed by atoms with Gasteiger partial charge >= 0.3 is 0 Å². The van der Waals surface area contributed by atoms with Crippen molar-refractivity contribution < 1.29 is 9.18 Å². The van der Waals surface area contributed by atoms with Gasteiger partial charge in [0.25, 0.3) is 5.91 Å². The van der Waals surface area contributed by atoms with Crippen LogP contribution in [0, 0.1) is 5.82 Å². The first-order valence-electron chi connectivity index (χ1n) is 7.67. The average Bonchev–Trinajstić information content (AvgIpc) is 2.60. The van der Waals surface area contributed by atoms with Crippen LogP contribution in [0.2, 0.25) is 0 Å². The van der Waals surface area contributed by atoms with Crippen molar-refractivity contribution in [1.29, 1.82) is 0 Å². The molecular weight excluding hydrogens is 289 g/mol. The molecule has 3 aromatic carbocycles. The van der Waals surface area contributed by atoms with E-state index < -0.39 is 0 Å². The number of hydrogen-bond acceptors (Lipinski definition) is 1. The summed E-state index contributed by atoms with van der Waals surface area (Å²) < 4.78 is 13.8. The summed E-state index contributed by atoms with van der Waals surface area (Å²) >= 11 is 0. The van der Waals surface area contributed by atoms with Crippen LogP contribution in [0.5, 0.6) is 0 Å². The van der Waals surface area contributed by atoms with Gasteiger partial charge in [0.05, 0.1) is 0 Å². The van der Waals surface area contributed by atoms with E-state index in [1.165, 1.54) is 11.6 Å². The zero-order chi connectivity index (χ0) is 16.2. The van der Waals surface area contributed by atoms with Crippen molar-refractivity contribution in [1.82, 2.24) is 5.32 Å².